The van der Waals surface area contributed by atoms with E-state index in [4.69, 9.17) is 4.74 Å². The van der Waals surface area contributed by atoms with E-state index in [1.165, 1.54) is 18.4 Å². The average molecular weight is 401 g/mol. The van der Waals surface area contributed by atoms with Crippen molar-refractivity contribution < 1.29 is 27.5 Å². The normalized spacial score (nSPS) is 14.0. The number of hydrogen-bond donors (Lipinski definition) is 1. The molecule has 0 unspecified atom stereocenters. The number of rotatable bonds is 4. The maximum atomic E-state index is 12.8. The molecule has 6 nitrogen and oxygen atoms in total. The Labute approximate surface area is 157 Å². The molecule has 146 valence electrons. The van der Waals surface area contributed by atoms with Gasteiger partial charge in [-0.2, -0.15) is 18.3 Å². The number of carbonyl (C=O) groups excluding carboxylic acids is 2. The van der Waals surface area contributed by atoms with Gasteiger partial charge in [-0.05, 0) is 38.2 Å². The van der Waals surface area contributed by atoms with Gasteiger partial charge in [0.15, 0.2) is 5.69 Å². The Morgan fingerprint density at radius 2 is 2.04 bits per heavy atom. The molecule has 0 bridgehead atoms. The summed E-state index contributed by atoms with van der Waals surface area (Å²) in [7, 11) is 1.26. The zero-order valence-corrected chi connectivity index (χ0v) is 15.6. The van der Waals surface area contributed by atoms with E-state index in [1.54, 1.807) is 6.92 Å². The Bertz CT molecular complexity index is 886. The maximum absolute atomic E-state index is 12.8. The summed E-state index contributed by atoms with van der Waals surface area (Å²) in [6, 6.07) is 0.687. The fourth-order valence-corrected chi connectivity index (χ4v) is 4.33. The van der Waals surface area contributed by atoms with E-state index in [0.717, 1.165) is 34.4 Å². The third kappa shape index (κ3) is 3.85. The minimum Gasteiger partial charge on any atom is -0.462 e. The number of aryl methyl sites for hydroxylation is 2. The van der Waals surface area contributed by atoms with Crippen molar-refractivity contribution >= 4 is 28.2 Å². The lowest BCUT2D eigenvalue weighted by Gasteiger charge is -2.12. The van der Waals surface area contributed by atoms with Crippen molar-refractivity contribution in [3.63, 3.8) is 0 Å². The number of anilines is 1. The fraction of sp³-hybridized carbons (Fsp3) is 0.471. The van der Waals surface area contributed by atoms with Gasteiger partial charge in [0.05, 0.1) is 12.2 Å². The summed E-state index contributed by atoms with van der Waals surface area (Å²) in [6.07, 6.45) is -1.22. The van der Waals surface area contributed by atoms with Crippen LogP contribution in [0.2, 0.25) is 0 Å². The van der Waals surface area contributed by atoms with Crippen LogP contribution < -0.4 is 5.32 Å². The van der Waals surface area contributed by atoms with Gasteiger partial charge in [-0.3, -0.25) is 9.48 Å². The fourth-order valence-electron chi connectivity index (χ4n) is 3.06. The van der Waals surface area contributed by atoms with Crippen LogP contribution in [0.1, 0.15) is 56.7 Å². The summed E-state index contributed by atoms with van der Waals surface area (Å²) in [5.74, 6) is -1.29. The second kappa shape index (κ2) is 7.34. The van der Waals surface area contributed by atoms with Gasteiger partial charge in [-0.25, -0.2) is 4.79 Å². The second-order valence-corrected chi connectivity index (χ2v) is 7.23. The van der Waals surface area contributed by atoms with Crippen LogP contribution in [0.15, 0.2) is 6.07 Å². The molecule has 0 saturated heterocycles. The van der Waals surface area contributed by atoms with Crippen molar-refractivity contribution in [2.75, 3.05) is 11.9 Å². The molecule has 3 rings (SSSR count). The number of thiophene rings is 1. The van der Waals surface area contributed by atoms with Crippen molar-refractivity contribution in [3.8, 4) is 0 Å². The number of amides is 1. The molecule has 0 aromatic carbocycles. The number of carbonyl (C=O) groups is 2. The first-order valence-corrected chi connectivity index (χ1v) is 9.28. The van der Waals surface area contributed by atoms with Crippen LogP contribution in [0.3, 0.4) is 0 Å². The van der Waals surface area contributed by atoms with Crippen molar-refractivity contribution in [2.45, 2.75) is 38.8 Å². The number of esters is 1. The second-order valence-electron chi connectivity index (χ2n) is 6.13. The van der Waals surface area contributed by atoms with E-state index >= 15 is 0 Å². The molecule has 2 aromatic heterocycles. The molecule has 1 N–H and O–H groups in total. The standard InChI is InChI=1S/C17H18F3N3O3S/c1-3-26-16(25)13-9-6-4-5-7-11(9)27-15(13)21-14(24)10-8-12(17(18,19)20)22-23(10)2/h8H,3-7H2,1-2H3,(H,21,24). The van der Waals surface area contributed by atoms with Gasteiger partial charge in [-0.1, -0.05) is 0 Å². The third-order valence-corrected chi connectivity index (χ3v) is 5.49. The molecular weight excluding hydrogens is 383 g/mol. The molecular formula is C17H18F3N3O3S. The number of halogens is 3. The van der Waals surface area contributed by atoms with E-state index < -0.39 is 23.7 Å². The molecule has 0 fully saturated rings. The minimum absolute atomic E-state index is 0.188. The van der Waals surface area contributed by atoms with Gasteiger partial charge >= 0.3 is 12.1 Å². The molecule has 10 heteroatoms. The van der Waals surface area contributed by atoms with Crippen molar-refractivity contribution in [2.24, 2.45) is 7.05 Å². The van der Waals surface area contributed by atoms with Crippen LogP contribution in [0.5, 0.6) is 0 Å². The lowest BCUT2D eigenvalue weighted by molar-refractivity contribution is -0.141. The molecule has 1 aliphatic carbocycles. The number of hydrogen-bond acceptors (Lipinski definition) is 5. The summed E-state index contributed by atoms with van der Waals surface area (Å²) in [5.41, 5.74) is -0.223. The molecule has 0 atom stereocenters. The average Bonchev–Trinajstić information content (AvgIpc) is 3.15. The molecule has 1 amide bonds. The lowest BCUT2D eigenvalue weighted by atomic mass is 9.95. The number of aromatic nitrogens is 2. The van der Waals surface area contributed by atoms with Crippen LogP contribution in [0.25, 0.3) is 0 Å². The summed E-state index contributed by atoms with van der Waals surface area (Å²) in [6.45, 7) is 1.87. The van der Waals surface area contributed by atoms with Gasteiger partial charge in [0.1, 0.15) is 10.7 Å². The van der Waals surface area contributed by atoms with Gasteiger partial charge in [0.2, 0.25) is 0 Å². The first-order valence-electron chi connectivity index (χ1n) is 8.46. The van der Waals surface area contributed by atoms with Crippen molar-refractivity contribution in [3.05, 3.63) is 33.5 Å². The Kier molecular flexibility index (Phi) is 5.27. The predicted octanol–water partition coefficient (Wildman–Crippen LogP) is 3.81. The Morgan fingerprint density at radius 1 is 1.33 bits per heavy atom. The van der Waals surface area contributed by atoms with Crippen LogP contribution in [-0.4, -0.2) is 28.3 Å². The Hall–Kier alpha value is -2.36. The van der Waals surface area contributed by atoms with Gasteiger partial charge in [0, 0.05) is 18.0 Å². The molecule has 0 saturated carbocycles. The van der Waals surface area contributed by atoms with E-state index in [-0.39, 0.29) is 12.3 Å². The topological polar surface area (TPSA) is 73.2 Å². The van der Waals surface area contributed by atoms with Crippen LogP contribution in [0.4, 0.5) is 18.2 Å². The Morgan fingerprint density at radius 3 is 2.67 bits per heavy atom. The smallest absolute Gasteiger partial charge is 0.435 e. The number of fused-ring (bicyclic) bond motifs is 1. The van der Waals surface area contributed by atoms with E-state index in [0.29, 0.717) is 23.1 Å². The van der Waals surface area contributed by atoms with Gasteiger partial charge in [-0.15, -0.1) is 11.3 Å². The summed E-state index contributed by atoms with van der Waals surface area (Å²) >= 11 is 1.27. The molecule has 0 aliphatic heterocycles. The van der Waals surface area contributed by atoms with Crippen molar-refractivity contribution in [1.29, 1.82) is 0 Å². The zero-order chi connectivity index (χ0) is 19.8. The molecule has 27 heavy (non-hydrogen) atoms. The van der Waals surface area contributed by atoms with Crippen LogP contribution in [-0.2, 0) is 30.8 Å². The first-order chi connectivity index (χ1) is 12.7. The van der Waals surface area contributed by atoms with Crippen LogP contribution >= 0.6 is 11.3 Å². The summed E-state index contributed by atoms with van der Waals surface area (Å²) < 4.78 is 44.4. The quantitative estimate of drug-likeness (QED) is 0.791. The largest absolute Gasteiger partial charge is 0.462 e. The van der Waals surface area contributed by atoms with Crippen LogP contribution in [0, 0.1) is 0 Å². The highest BCUT2D eigenvalue weighted by Gasteiger charge is 2.36. The molecule has 1 aliphatic rings. The van der Waals surface area contributed by atoms with Gasteiger partial charge in [0.25, 0.3) is 5.91 Å². The van der Waals surface area contributed by atoms with E-state index in [1.807, 2.05) is 0 Å². The lowest BCUT2D eigenvalue weighted by Crippen LogP contribution is -2.18. The van der Waals surface area contributed by atoms with E-state index in [2.05, 4.69) is 10.4 Å². The number of nitrogens with one attached hydrogen (secondary N) is 1. The predicted molar refractivity (Wildman–Crippen MR) is 93.1 cm³/mol. The number of nitrogens with zero attached hydrogens (tertiary/aromatic N) is 2. The summed E-state index contributed by atoms with van der Waals surface area (Å²) in [4.78, 5) is 25.9. The summed E-state index contributed by atoms with van der Waals surface area (Å²) in [5, 5.41) is 6.22. The maximum Gasteiger partial charge on any atom is 0.435 e. The molecule has 0 spiro atoms. The first kappa shape index (κ1) is 19.4. The highest BCUT2D eigenvalue weighted by Crippen LogP contribution is 2.39. The highest BCUT2D eigenvalue weighted by atomic mass is 32.1. The minimum atomic E-state index is -4.64. The zero-order valence-electron chi connectivity index (χ0n) is 14.8. The molecule has 2 heterocycles. The molecule has 2 aromatic rings. The van der Waals surface area contributed by atoms with Crippen molar-refractivity contribution in [1.82, 2.24) is 9.78 Å². The van der Waals surface area contributed by atoms with E-state index in [9.17, 15) is 22.8 Å². The molecule has 0 radical (unpaired) electrons. The van der Waals surface area contributed by atoms with Gasteiger partial charge < -0.3 is 10.1 Å². The number of ether oxygens (including phenoxy) is 1. The SMILES string of the molecule is CCOC(=O)c1c(NC(=O)c2cc(C(F)(F)F)nn2C)sc2c1CCCC2. The highest BCUT2D eigenvalue weighted by molar-refractivity contribution is 7.17. The monoisotopic (exact) mass is 401 g/mol. The Balaban J connectivity index is 1.93. The third-order valence-electron chi connectivity index (χ3n) is 4.28. The number of alkyl halides is 3.